The zero-order chi connectivity index (χ0) is 22.3. The molecule has 0 aliphatic rings. The lowest BCUT2D eigenvalue weighted by Gasteiger charge is -2.09. The van der Waals surface area contributed by atoms with Crippen LogP contribution in [0.5, 0.6) is 17.4 Å². The number of pyridine rings is 1. The highest BCUT2D eigenvalue weighted by atomic mass is 19.1. The lowest BCUT2D eigenvalue weighted by atomic mass is 10.2. The molecule has 0 bridgehead atoms. The highest BCUT2D eigenvalue weighted by Gasteiger charge is 2.08. The monoisotopic (exact) mass is 434 g/mol. The molecule has 32 heavy (non-hydrogen) atoms. The summed E-state index contributed by atoms with van der Waals surface area (Å²) in [6.07, 6.45) is 1.58. The molecule has 0 fully saturated rings. The minimum absolute atomic E-state index is 0.174. The van der Waals surface area contributed by atoms with Gasteiger partial charge in [0, 0.05) is 31.3 Å². The van der Waals surface area contributed by atoms with Gasteiger partial charge in [-0.05, 0) is 60.2 Å². The largest absolute Gasteiger partial charge is 0.485 e. The Labute approximate surface area is 183 Å². The van der Waals surface area contributed by atoms with Crippen LogP contribution in [-0.2, 0) is 13.2 Å². The van der Waals surface area contributed by atoms with E-state index < -0.39 is 0 Å². The van der Waals surface area contributed by atoms with Crippen molar-refractivity contribution in [3.8, 4) is 17.4 Å². The lowest BCUT2D eigenvalue weighted by molar-refractivity contribution is 0.0950. The number of carbonyl (C=O) groups is 1. The van der Waals surface area contributed by atoms with Crippen molar-refractivity contribution in [2.24, 2.45) is 0 Å². The van der Waals surface area contributed by atoms with Gasteiger partial charge < -0.3 is 19.3 Å². The summed E-state index contributed by atoms with van der Waals surface area (Å²) in [5.41, 5.74) is 1.30. The number of aryl methyl sites for hydroxylation is 1. The number of nitrogens with zero attached hydrogens (tertiary/aromatic N) is 3. The molecule has 0 saturated carbocycles. The number of aromatic nitrogens is 3. The molecule has 0 spiro atoms. The van der Waals surface area contributed by atoms with Crippen molar-refractivity contribution in [2.75, 3.05) is 0 Å². The average Bonchev–Trinajstić information content (AvgIpc) is 3.23. The fourth-order valence-corrected chi connectivity index (χ4v) is 2.77. The van der Waals surface area contributed by atoms with Crippen molar-refractivity contribution in [3.05, 3.63) is 95.5 Å². The molecule has 0 aliphatic heterocycles. The van der Waals surface area contributed by atoms with Gasteiger partial charge in [0.1, 0.15) is 17.3 Å². The van der Waals surface area contributed by atoms with Gasteiger partial charge in [0.05, 0.1) is 0 Å². The van der Waals surface area contributed by atoms with E-state index in [1.54, 1.807) is 49.5 Å². The number of rotatable bonds is 8. The summed E-state index contributed by atoms with van der Waals surface area (Å²) in [6, 6.07) is 15.9. The van der Waals surface area contributed by atoms with Gasteiger partial charge in [-0.2, -0.15) is 4.98 Å². The van der Waals surface area contributed by atoms with E-state index in [1.165, 1.54) is 24.3 Å². The van der Waals surface area contributed by atoms with Gasteiger partial charge in [-0.1, -0.05) is 5.16 Å². The van der Waals surface area contributed by atoms with Crippen LogP contribution in [0.1, 0.15) is 27.6 Å². The molecule has 2 heterocycles. The van der Waals surface area contributed by atoms with Gasteiger partial charge in [-0.25, -0.2) is 9.37 Å². The van der Waals surface area contributed by atoms with E-state index in [0.717, 1.165) is 5.56 Å². The minimum atomic E-state index is -0.344. The number of nitrogens with one attached hydrogen (secondary N) is 1. The van der Waals surface area contributed by atoms with Crippen LogP contribution in [0.2, 0.25) is 0 Å². The topological polar surface area (TPSA) is 99.4 Å². The Morgan fingerprint density at radius 1 is 1.06 bits per heavy atom. The standard InChI is InChI=1S/C23H19FN4O4/c1-15-27-21(28-32-15)14-30-19-6-2-17(3-7-19)23(29)26-13-16-10-11-25-22(12-16)31-20-8-4-18(24)5-9-20/h2-12H,13-14H2,1H3,(H,26,29). The van der Waals surface area contributed by atoms with Gasteiger partial charge in [0.2, 0.25) is 17.6 Å². The van der Waals surface area contributed by atoms with Gasteiger partial charge in [-0.15, -0.1) is 0 Å². The third-order valence-corrected chi connectivity index (χ3v) is 4.34. The zero-order valence-corrected chi connectivity index (χ0v) is 17.1. The first-order chi connectivity index (χ1) is 15.5. The van der Waals surface area contributed by atoms with Crippen LogP contribution < -0.4 is 14.8 Å². The summed E-state index contributed by atoms with van der Waals surface area (Å²) in [7, 11) is 0. The number of halogens is 1. The summed E-state index contributed by atoms with van der Waals surface area (Å²) < 4.78 is 29.1. The molecule has 1 amide bonds. The van der Waals surface area contributed by atoms with E-state index in [1.807, 2.05) is 0 Å². The third kappa shape index (κ3) is 5.66. The Morgan fingerprint density at radius 2 is 1.81 bits per heavy atom. The Hall–Kier alpha value is -4.27. The van der Waals surface area contributed by atoms with E-state index in [9.17, 15) is 9.18 Å². The second kappa shape index (κ2) is 9.69. The number of carbonyl (C=O) groups excluding carboxylic acids is 1. The van der Waals surface area contributed by atoms with Crippen molar-refractivity contribution < 1.29 is 23.2 Å². The van der Waals surface area contributed by atoms with Gasteiger partial charge in [0.25, 0.3) is 5.91 Å². The Morgan fingerprint density at radius 3 is 2.53 bits per heavy atom. The van der Waals surface area contributed by atoms with Crippen LogP contribution in [0.15, 0.2) is 71.4 Å². The Bertz CT molecular complexity index is 1190. The SMILES string of the molecule is Cc1nc(COc2ccc(C(=O)NCc3ccnc(Oc4ccc(F)cc4)c3)cc2)no1. The molecule has 0 aliphatic carbocycles. The van der Waals surface area contributed by atoms with E-state index in [-0.39, 0.29) is 24.9 Å². The van der Waals surface area contributed by atoms with Gasteiger partial charge >= 0.3 is 0 Å². The normalized spacial score (nSPS) is 10.6. The molecule has 0 unspecified atom stereocenters. The number of hydrogen-bond donors (Lipinski definition) is 1. The first-order valence-corrected chi connectivity index (χ1v) is 9.74. The molecule has 1 N–H and O–H groups in total. The smallest absolute Gasteiger partial charge is 0.251 e. The van der Waals surface area contributed by atoms with Crippen molar-refractivity contribution >= 4 is 5.91 Å². The van der Waals surface area contributed by atoms with Crippen molar-refractivity contribution in [1.29, 1.82) is 0 Å². The molecular formula is C23H19FN4O4. The van der Waals surface area contributed by atoms with E-state index in [0.29, 0.717) is 34.7 Å². The summed E-state index contributed by atoms with van der Waals surface area (Å²) in [4.78, 5) is 20.7. The molecule has 2 aromatic carbocycles. The number of hydrogen-bond acceptors (Lipinski definition) is 7. The summed E-state index contributed by atoms with van der Waals surface area (Å²) >= 11 is 0. The maximum Gasteiger partial charge on any atom is 0.251 e. The number of amides is 1. The molecule has 4 aromatic rings. The fourth-order valence-electron chi connectivity index (χ4n) is 2.77. The third-order valence-electron chi connectivity index (χ3n) is 4.34. The lowest BCUT2D eigenvalue weighted by Crippen LogP contribution is -2.22. The van der Waals surface area contributed by atoms with E-state index in [4.69, 9.17) is 14.0 Å². The highest BCUT2D eigenvalue weighted by molar-refractivity contribution is 5.94. The summed E-state index contributed by atoms with van der Waals surface area (Å²) in [5, 5.41) is 6.61. The van der Waals surface area contributed by atoms with Crippen LogP contribution in [0.25, 0.3) is 0 Å². The molecule has 9 heteroatoms. The maximum atomic E-state index is 13.0. The van der Waals surface area contributed by atoms with Gasteiger partial charge in [0.15, 0.2) is 6.61 Å². The molecule has 8 nitrogen and oxygen atoms in total. The second-order valence-corrected chi connectivity index (χ2v) is 6.78. The quantitative estimate of drug-likeness (QED) is 0.443. The van der Waals surface area contributed by atoms with Crippen LogP contribution in [-0.4, -0.2) is 21.0 Å². The Kier molecular flexibility index (Phi) is 6.35. The molecule has 0 atom stereocenters. The maximum absolute atomic E-state index is 13.0. The molecule has 0 radical (unpaired) electrons. The predicted octanol–water partition coefficient (Wildman–Crippen LogP) is 4.21. The fraction of sp³-hybridized carbons (Fsp3) is 0.130. The van der Waals surface area contributed by atoms with E-state index in [2.05, 4.69) is 20.4 Å². The predicted molar refractivity (Wildman–Crippen MR) is 112 cm³/mol. The highest BCUT2D eigenvalue weighted by Crippen LogP contribution is 2.20. The van der Waals surface area contributed by atoms with Crippen molar-refractivity contribution in [1.82, 2.24) is 20.4 Å². The summed E-state index contributed by atoms with van der Waals surface area (Å²) in [5.74, 6) is 1.74. The molecule has 162 valence electrons. The first kappa shape index (κ1) is 21.0. The summed E-state index contributed by atoms with van der Waals surface area (Å²) in [6.45, 7) is 2.17. The van der Waals surface area contributed by atoms with Crippen LogP contribution in [0, 0.1) is 12.7 Å². The number of benzene rings is 2. The van der Waals surface area contributed by atoms with Crippen LogP contribution in [0.3, 0.4) is 0 Å². The minimum Gasteiger partial charge on any atom is -0.485 e. The van der Waals surface area contributed by atoms with Crippen LogP contribution >= 0.6 is 0 Å². The molecular weight excluding hydrogens is 415 g/mol. The zero-order valence-electron chi connectivity index (χ0n) is 17.1. The molecule has 2 aromatic heterocycles. The molecule has 0 saturated heterocycles. The van der Waals surface area contributed by atoms with Gasteiger partial charge in [-0.3, -0.25) is 4.79 Å². The van der Waals surface area contributed by atoms with Crippen LogP contribution in [0.4, 0.5) is 4.39 Å². The molecule has 4 rings (SSSR count). The van der Waals surface area contributed by atoms with Crippen molar-refractivity contribution in [2.45, 2.75) is 20.1 Å². The van der Waals surface area contributed by atoms with E-state index >= 15 is 0 Å². The Balaban J connectivity index is 1.29. The number of ether oxygens (including phenoxy) is 2. The first-order valence-electron chi connectivity index (χ1n) is 9.74. The average molecular weight is 434 g/mol. The van der Waals surface area contributed by atoms with Crippen molar-refractivity contribution in [3.63, 3.8) is 0 Å². The second-order valence-electron chi connectivity index (χ2n) is 6.78.